The average molecular weight is 453 g/mol. The topological polar surface area (TPSA) is 59.0 Å². The molecule has 1 aromatic heterocycles. The number of nitrogens with zero attached hydrogens (tertiary/aromatic N) is 2. The fourth-order valence-corrected chi connectivity index (χ4v) is 3.51. The maximum absolute atomic E-state index is 10.9. The van der Waals surface area contributed by atoms with E-state index in [2.05, 4.69) is 16.5 Å². The van der Waals surface area contributed by atoms with Crippen LogP contribution in [0.2, 0.25) is 5.02 Å². The van der Waals surface area contributed by atoms with Gasteiger partial charge < -0.3 is 17.0 Å². The van der Waals surface area contributed by atoms with Gasteiger partial charge in [0, 0.05) is 22.0 Å². The van der Waals surface area contributed by atoms with Crippen LogP contribution in [-0.4, -0.2) is 4.92 Å². The number of nitro groups is 1. The Hall–Kier alpha value is -2.22. The van der Waals surface area contributed by atoms with Gasteiger partial charge in [-0.15, -0.1) is 0 Å². The number of nitro benzene ring substituents is 1. The molecule has 0 unspecified atom stereocenters. The van der Waals surface area contributed by atoms with Crippen LogP contribution in [0.4, 0.5) is 16.5 Å². The summed E-state index contributed by atoms with van der Waals surface area (Å²) in [5, 5.41) is 17.8. The zero-order valence-corrected chi connectivity index (χ0v) is 16.7. The van der Waals surface area contributed by atoms with Crippen LogP contribution >= 0.6 is 22.9 Å². The molecule has 0 aliphatic heterocycles. The van der Waals surface area contributed by atoms with Gasteiger partial charge in [0.25, 0.3) is 5.69 Å². The van der Waals surface area contributed by atoms with Gasteiger partial charge >= 0.3 is 5.13 Å². The van der Waals surface area contributed by atoms with E-state index >= 15 is 0 Å². The van der Waals surface area contributed by atoms with E-state index in [9.17, 15) is 10.1 Å². The summed E-state index contributed by atoms with van der Waals surface area (Å²) >= 11 is 7.49. The number of non-ortho nitro benzene ring substituents is 1. The fourth-order valence-electron chi connectivity index (χ4n) is 2.42. The van der Waals surface area contributed by atoms with E-state index < -0.39 is 4.92 Å². The highest BCUT2D eigenvalue weighted by Crippen LogP contribution is 2.27. The number of anilines is 2. The molecule has 5 nitrogen and oxygen atoms in total. The van der Waals surface area contributed by atoms with Crippen LogP contribution in [-0.2, 0) is 6.54 Å². The van der Waals surface area contributed by atoms with Crippen LogP contribution in [0.15, 0.2) is 66.6 Å². The second-order valence-electron chi connectivity index (χ2n) is 5.26. The van der Waals surface area contributed by atoms with E-state index in [1.807, 2.05) is 35.7 Å². The van der Waals surface area contributed by atoms with Crippen molar-refractivity contribution in [3.63, 3.8) is 0 Å². The Balaban J connectivity index is 0.00000243. The molecule has 0 atom stereocenters. The lowest BCUT2D eigenvalue weighted by Crippen LogP contribution is -3.00. The minimum Gasteiger partial charge on any atom is -1.00 e. The van der Waals surface area contributed by atoms with Crippen LogP contribution in [0.5, 0.6) is 0 Å². The standard InChI is InChI=1S/C18H14ClN3O2S.BrH/c1-2-10-21-17(13-6-8-14(19)9-7-13)12-25-18(21)20-15-4-3-5-16(11-15)22(23)24;/h2-9,11-12H,1,10H2;1H. The normalized spacial score (nSPS) is 10.0. The first-order chi connectivity index (χ1) is 12.1. The van der Waals surface area contributed by atoms with Crippen molar-refractivity contribution in [3.8, 4) is 11.3 Å². The highest BCUT2D eigenvalue weighted by molar-refractivity contribution is 7.13. The highest BCUT2D eigenvalue weighted by Gasteiger charge is 2.19. The number of rotatable bonds is 6. The monoisotopic (exact) mass is 451 g/mol. The van der Waals surface area contributed by atoms with Crippen molar-refractivity contribution < 1.29 is 26.5 Å². The van der Waals surface area contributed by atoms with Gasteiger partial charge in [-0.1, -0.05) is 41.7 Å². The summed E-state index contributed by atoms with van der Waals surface area (Å²) < 4.78 is 2.07. The van der Waals surface area contributed by atoms with Gasteiger partial charge in [0.1, 0.15) is 17.9 Å². The number of halogens is 2. The minimum atomic E-state index is -0.406. The number of nitrogens with one attached hydrogen (secondary N) is 1. The highest BCUT2D eigenvalue weighted by atomic mass is 79.9. The summed E-state index contributed by atoms with van der Waals surface area (Å²) in [5.41, 5.74) is 2.77. The number of allylic oxidation sites excluding steroid dienone is 1. The predicted molar refractivity (Wildman–Crippen MR) is 102 cm³/mol. The Morgan fingerprint density at radius 3 is 2.65 bits per heavy atom. The summed E-state index contributed by atoms with van der Waals surface area (Å²) in [4.78, 5) is 10.5. The lowest BCUT2D eigenvalue weighted by molar-refractivity contribution is -0.657. The summed E-state index contributed by atoms with van der Waals surface area (Å²) in [5.74, 6) is 0. The van der Waals surface area contributed by atoms with Gasteiger partial charge in [-0.05, 0) is 30.3 Å². The smallest absolute Gasteiger partial charge is 0.339 e. The molecule has 1 N–H and O–H groups in total. The van der Waals surface area contributed by atoms with Gasteiger partial charge in [0.05, 0.1) is 11.0 Å². The molecular weight excluding hydrogens is 438 g/mol. The number of aromatic nitrogens is 1. The fraction of sp³-hybridized carbons (Fsp3) is 0.0556. The molecular formula is C18H15BrClN3O2S. The van der Waals surface area contributed by atoms with E-state index in [4.69, 9.17) is 11.6 Å². The van der Waals surface area contributed by atoms with Crippen LogP contribution < -0.4 is 26.9 Å². The van der Waals surface area contributed by atoms with Crippen molar-refractivity contribution in [1.29, 1.82) is 0 Å². The van der Waals surface area contributed by atoms with Crippen molar-refractivity contribution in [2.45, 2.75) is 6.54 Å². The summed E-state index contributed by atoms with van der Waals surface area (Å²) in [6, 6.07) is 14.1. The molecule has 0 amide bonds. The summed E-state index contributed by atoms with van der Waals surface area (Å²) in [6.07, 6.45) is 1.81. The first-order valence-corrected chi connectivity index (χ1v) is 8.74. The third-order valence-electron chi connectivity index (χ3n) is 3.58. The molecule has 0 aliphatic rings. The van der Waals surface area contributed by atoms with Gasteiger partial charge in [-0.3, -0.25) is 10.1 Å². The molecule has 0 aliphatic carbocycles. The van der Waals surface area contributed by atoms with E-state index in [1.165, 1.54) is 23.5 Å². The second-order valence-corrected chi connectivity index (χ2v) is 6.56. The van der Waals surface area contributed by atoms with Crippen LogP contribution in [0.1, 0.15) is 0 Å². The molecule has 0 spiro atoms. The van der Waals surface area contributed by atoms with Gasteiger partial charge in [-0.25, -0.2) is 9.88 Å². The molecule has 3 rings (SSSR count). The molecule has 8 heteroatoms. The largest absolute Gasteiger partial charge is 1.00 e. The molecule has 134 valence electrons. The van der Waals surface area contributed by atoms with Crippen LogP contribution in [0.3, 0.4) is 0 Å². The van der Waals surface area contributed by atoms with E-state index in [1.54, 1.807) is 12.1 Å². The zero-order chi connectivity index (χ0) is 17.8. The van der Waals surface area contributed by atoms with E-state index in [0.29, 0.717) is 17.3 Å². The minimum absolute atomic E-state index is 0. The zero-order valence-electron chi connectivity index (χ0n) is 13.6. The van der Waals surface area contributed by atoms with Gasteiger partial charge in [-0.2, -0.15) is 0 Å². The van der Waals surface area contributed by atoms with Crippen molar-refractivity contribution in [2.75, 3.05) is 5.32 Å². The number of hydrogen-bond donors (Lipinski definition) is 1. The Morgan fingerprint density at radius 1 is 1.27 bits per heavy atom. The molecule has 1 heterocycles. The Bertz CT molecular complexity index is 928. The predicted octanol–water partition coefficient (Wildman–Crippen LogP) is 2.20. The molecule has 2 aromatic carbocycles. The molecule has 26 heavy (non-hydrogen) atoms. The SMILES string of the molecule is C=CC[n+]1c(-c2ccc(Cl)cc2)csc1Nc1cccc([N+](=O)[O-])c1.[Br-]. The molecule has 0 saturated carbocycles. The van der Waals surface area contributed by atoms with E-state index in [-0.39, 0.29) is 22.7 Å². The molecule has 0 bridgehead atoms. The van der Waals surface area contributed by atoms with Gasteiger partial charge in [0.15, 0.2) is 0 Å². The molecule has 0 radical (unpaired) electrons. The second kappa shape index (κ2) is 8.93. The third-order valence-corrected chi connectivity index (χ3v) is 4.72. The number of thiazole rings is 1. The van der Waals surface area contributed by atoms with Crippen molar-refractivity contribution in [3.05, 3.63) is 81.7 Å². The number of hydrogen-bond acceptors (Lipinski definition) is 4. The van der Waals surface area contributed by atoms with Crippen molar-refractivity contribution in [2.24, 2.45) is 0 Å². The Kier molecular flexibility index (Phi) is 6.90. The number of benzene rings is 2. The maximum atomic E-state index is 10.9. The maximum Gasteiger partial charge on any atom is 0.339 e. The van der Waals surface area contributed by atoms with Crippen LogP contribution in [0, 0.1) is 10.1 Å². The Labute approximate surface area is 170 Å². The first kappa shape index (κ1) is 20.1. The lowest BCUT2D eigenvalue weighted by atomic mass is 10.2. The summed E-state index contributed by atoms with van der Waals surface area (Å²) in [7, 11) is 0. The van der Waals surface area contributed by atoms with Crippen molar-refractivity contribution >= 4 is 39.4 Å². The van der Waals surface area contributed by atoms with E-state index in [0.717, 1.165) is 16.4 Å². The summed E-state index contributed by atoms with van der Waals surface area (Å²) in [6.45, 7) is 4.43. The van der Waals surface area contributed by atoms with Gasteiger partial charge in [0.2, 0.25) is 0 Å². The first-order valence-electron chi connectivity index (χ1n) is 7.48. The average Bonchev–Trinajstić information content (AvgIpc) is 2.99. The third kappa shape index (κ3) is 4.49. The quantitative estimate of drug-likeness (QED) is 0.270. The lowest BCUT2D eigenvalue weighted by Gasteiger charge is -2.04. The van der Waals surface area contributed by atoms with Crippen LogP contribution in [0.25, 0.3) is 11.3 Å². The molecule has 3 aromatic rings. The molecule has 0 fully saturated rings. The Morgan fingerprint density at radius 2 is 2.00 bits per heavy atom. The molecule has 0 saturated heterocycles. The van der Waals surface area contributed by atoms with Crippen molar-refractivity contribution in [1.82, 2.24) is 0 Å².